The summed E-state index contributed by atoms with van der Waals surface area (Å²) in [4.78, 5) is 33.1. The van der Waals surface area contributed by atoms with E-state index in [1.807, 2.05) is 23.6 Å². The van der Waals surface area contributed by atoms with Gasteiger partial charge in [0.05, 0.1) is 11.2 Å². The lowest BCUT2D eigenvalue weighted by Crippen LogP contribution is -2.44. The standard InChI is InChI=1S/C15H21N3O2S/c1-3-17-10-15(8-13(17)19)4-6-18(7-5-15)14(20)12-9-16-11(2)21-12/h9H,3-8,10H2,1-2H3. The molecule has 2 amide bonds. The van der Waals surface area contributed by atoms with Crippen LogP contribution in [0.2, 0.25) is 0 Å². The van der Waals surface area contributed by atoms with Crippen molar-refractivity contribution in [3.05, 3.63) is 16.1 Å². The second-order valence-electron chi connectivity index (χ2n) is 6.12. The molecule has 0 bridgehead atoms. The Morgan fingerprint density at radius 1 is 1.43 bits per heavy atom. The Kier molecular flexibility index (Phi) is 3.73. The first-order valence-corrected chi connectivity index (χ1v) is 8.34. The maximum absolute atomic E-state index is 12.4. The highest BCUT2D eigenvalue weighted by Crippen LogP contribution is 2.41. The van der Waals surface area contributed by atoms with E-state index in [2.05, 4.69) is 4.98 Å². The number of amides is 2. The molecule has 3 heterocycles. The van der Waals surface area contributed by atoms with Crippen molar-refractivity contribution in [1.29, 1.82) is 0 Å². The fraction of sp³-hybridized carbons (Fsp3) is 0.667. The summed E-state index contributed by atoms with van der Waals surface area (Å²) in [7, 11) is 0. The van der Waals surface area contributed by atoms with E-state index in [4.69, 9.17) is 0 Å². The minimum Gasteiger partial charge on any atom is -0.342 e. The number of piperidine rings is 1. The van der Waals surface area contributed by atoms with Gasteiger partial charge in [0.1, 0.15) is 4.88 Å². The smallest absolute Gasteiger partial charge is 0.265 e. The fourth-order valence-corrected chi connectivity index (χ4v) is 4.15. The van der Waals surface area contributed by atoms with Crippen LogP contribution >= 0.6 is 11.3 Å². The molecule has 0 unspecified atom stereocenters. The van der Waals surface area contributed by atoms with Crippen LogP contribution in [0.5, 0.6) is 0 Å². The second kappa shape index (κ2) is 5.40. The van der Waals surface area contributed by atoms with E-state index in [0.717, 1.165) is 48.9 Å². The van der Waals surface area contributed by atoms with Gasteiger partial charge < -0.3 is 9.80 Å². The highest BCUT2D eigenvalue weighted by Gasteiger charge is 2.44. The van der Waals surface area contributed by atoms with Crippen LogP contribution in [-0.4, -0.2) is 52.8 Å². The van der Waals surface area contributed by atoms with Crippen molar-refractivity contribution >= 4 is 23.2 Å². The van der Waals surface area contributed by atoms with Gasteiger partial charge in [-0.1, -0.05) is 0 Å². The number of hydrogen-bond acceptors (Lipinski definition) is 4. The maximum Gasteiger partial charge on any atom is 0.265 e. The molecule has 2 saturated heterocycles. The zero-order valence-corrected chi connectivity index (χ0v) is 13.4. The largest absolute Gasteiger partial charge is 0.342 e. The van der Waals surface area contributed by atoms with Crippen LogP contribution in [0.3, 0.4) is 0 Å². The molecule has 1 aromatic rings. The van der Waals surface area contributed by atoms with Crippen LogP contribution in [0.1, 0.15) is 40.9 Å². The fourth-order valence-electron chi connectivity index (χ4n) is 3.40. The molecule has 3 rings (SSSR count). The lowest BCUT2D eigenvalue weighted by atomic mass is 9.77. The molecule has 0 aliphatic carbocycles. The van der Waals surface area contributed by atoms with Crippen molar-refractivity contribution in [3.63, 3.8) is 0 Å². The van der Waals surface area contributed by atoms with E-state index in [1.54, 1.807) is 6.20 Å². The number of carbonyl (C=O) groups excluding carboxylic acids is 2. The van der Waals surface area contributed by atoms with E-state index in [9.17, 15) is 9.59 Å². The summed E-state index contributed by atoms with van der Waals surface area (Å²) in [6.45, 7) is 7.10. The summed E-state index contributed by atoms with van der Waals surface area (Å²) < 4.78 is 0. The van der Waals surface area contributed by atoms with Gasteiger partial charge in [0.15, 0.2) is 0 Å². The SMILES string of the molecule is CCN1CC2(CCN(C(=O)c3cnc(C)s3)CC2)CC1=O. The number of rotatable bonds is 2. The Labute approximate surface area is 129 Å². The van der Waals surface area contributed by atoms with Gasteiger partial charge in [-0.3, -0.25) is 9.59 Å². The molecular weight excluding hydrogens is 286 g/mol. The Bertz CT molecular complexity index is 561. The first-order chi connectivity index (χ1) is 10.0. The molecule has 2 aliphatic rings. The van der Waals surface area contributed by atoms with Gasteiger partial charge in [0, 0.05) is 38.0 Å². The molecular formula is C15H21N3O2S. The van der Waals surface area contributed by atoms with E-state index >= 15 is 0 Å². The van der Waals surface area contributed by atoms with Gasteiger partial charge in [-0.25, -0.2) is 4.98 Å². The van der Waals surface area contributed by atoms with Crippen LogP contribution < -0.4 is 0 Å². The van der Waals surface area contributed by atoms with Crippen molar-refractivity contribution in [1.82, 2.24) is 14.8 Å². The quantitative estimate of drug-likeness (QED) is 0.839. The number of thiazole rings is 1. The van der Waals surface area contributed by atoms with Crippen molar-refractivity contribution in [3.8, 4) is 0 Å². The van der Waals surface area contributed by atoms with Crippen molar-refractivity contribution < 1.29 is 9.59 Å². The molecule has 1 spiro atoms. The molecule has 1 aromatic heterocycles. The third-order valence-corrected chi connectivity index (χ3v) is 5.63. The van der Waals surface area contributed by atoms with Gasteiger partial charge >= 0.3 is 0 Å². The number of carbonyl (C=O) groups is 2. The van der Waals surface area contributed by atoms with Crippen LogP contribution in [0.25, 0.3) is 0 Å². The summed E-state index contributed by atoms with van der Waals surface area (Å²) >= 11 is 1.45. The lowest BCUT2D eigenvalue weighted by molar-refractivity contribution is -0.127. The molecule has 0 atom stereocenters. The first-order valence-electron chi connectivity index (χ1n) is 7.52. The highest BCUT2D eigenvalue weighted by atomic mass is 32.1. The summed E-state index contributed by atoms with van der Waals surface area (Å²) in [5.41, 5.74) is 0.105. The molecule has 0 radical (unpaired) electrons. The molecule has 21 heavy (non-hydrogen) atoms. The average Bonchev–Trinajstić information content (AvgIpc) is 3.03. The molecule has 5 nitrogen and oxygen atoms in total. The van der Waals surface area contributed by atoms with E-state index < -0.39 is 0 Å². The number of aryl methyl sites for hydroxylation is 1. The number of aromatic nitrogens is 1. The van der Waals surface area contributed by atoms with Crippen molar-refractivity contribution in [2.75, 3.05) is 26.2 Å². The molecule has 0 saturated carbocycles. The topological polar surface area (TPSA) is 53.5 Å². The van der Waals surface area contributed by atoms with Gasteiger partial charge in [-0.15, -0.1) is 11.3 Å². The minimum absolute atomic E-state index is 0.0899. The van der Waals surface area contributed by atoms with Crippen LogP contribution in [0.15, 0.2) is 6.20 Å². The number of nitrogens with zero attached hydrogens (tertiary/aromatic N) is 3. The van der Waals surface area contributed by atoms with Gasteiger partial charge in [-0.05, 0) is 26.7 Å². The van der Waals surface area contributed by atoms with Crippen LogP contribution in [-0.2, 0) is 4.79 Å². The molecule has 0 N–H and O–H groups in total. The van der Waals surface area contributed by atoms with Crippen molar-refractivity contribution in [2.24, 2.45) is 5.41 Å². The molecule has 2 fully saturated rings. The monoisotopic (exact) mass is 307 g/mol. The first kappa shape index (κ1) is 14.5. The van der Waals surface area contributed by atoms with Crippen LogP contribution in [0.4, 0.5) is 0 Å². The van der Waals surface area contributed by atoms with Gasteiger partial charge in [-0.2, -0.15) is 0 Å². The third kappa shape index (κ3) is 2.69. The van der Waals surface area contributed by atoms with Gasteiger partial charge in [0.25, 0.3) is 5.91 Å². The minimum atomic E-state index is 0.0899. The van der Waals surface area contributed by atoms with E-state index in [0.29, 0.717) is 6.42 Å². The van der Waals surface area contributed by atoms with E-state index in [1.165, 1.54) is 11.3 Å². The Hall–Kier alpha value is -1.43. The Morgan fingerprint density at radius 3 is 2.67 bits per heavy atom. The van der Waals surface area contributed by atoms with Crippen molar-refractivity contribution in [2.45, 2.75) is 33.1 Å². The maximum atomic E-state index is 12.4. The summed E-state index contributed by atoms with van der Waals surface area (Å²) in [5.74, 6) is 0.363. The average molecular weight is 307 g/mol. The van der Waals surface area contributed by atoms with Crippen LogP contribution in [0, 0.1) is 12.3 Å². The van der Waals surface area contributed by atoms with E-state index in [-0.39, 0.29) is 17.2 Å². The Morgan fingerprint density at radius 2 is 2.14 bits per heavy atom. The molecule has 0 aromatic carbocycles. The Balaban J connectivity index is 1.63. The zero-order chi connectivity index (χ0) is 15.0. The second-order valence-corrected chi connectivity index (χ2v) is 7.36. The molecule has 114 valence electrons. The predicted octanol–water partition coefficient (Wildman–Crippen LogP) is 1.93. The summed E-state index contributed by atoms with van der Waals surface area (Å²) in [6, 6.07) is 0. The summed E-state index contributed by atoms with van der Waals surface area (Å²) in [5, 5.41) is 0.923. The summed E-state index contributed by atoms with van der Waals surface area (Å²) in [6.07, 6.45) is 4.19. The number of hydrogen-bond donors (Lipinski definition) is 0. The predicted molar refractivity (Wildman–Crippen MR) is 81.3 cm³/mol. The lowest BCUT2D eigenvalue weighted by Gasteiger charge is -2.38. The normalized spacial score (nSPS) is 21.3. The van der Waals surface area contributed by atoms with Gasteiger partial charge in [0.2, 0.25) is 5.91 Å². The zero-order valence-electron chi connectivity index (χ0n) is 12.6. The molecule has 6 heteroatoms. The molecule has 2 aliphatic heterocycles. The third-order valence-electron chi connectivity index (χ3n) is 4.73. The highest BCUT2D eigenvalue weighted by molar-refractivity contribution is 7.13. The number of likely N-dealkylation sites (tertiary alicyclic amines) is 2.